The molecule has 3 nitrogen and oxygen atoms in total. The predicted molar refractivity (Wildman–Crippen MR) is 86.2 cm³/mol. The van der Waals surface area contributed by atoms with Crippen molar-refractivity contribution in [1.82, 2.24) is 0 Å². The van der Waals surface area contributed by atoms with Crippen LogP contribution >= 0.6 is 27.5 Å². The van der Waals surface area contributed by atoms with Gasteiger partial charge in [-0.25, -0.2) is 9.79 Å². The van der Waals surface area contributed by atoms with Crippen LogP contribution < -0.4 is 0 Å². The van der Waals surface area contributed by atoms with Crippen LogP contribution in [0.15, 0.2) is 63.7 Å². The van der Waals surface area contributed by atoms with Crippen LogP contribution in [0.25, 0.3) is 6.08 Å². The molecule has 21 heavy (non-hydrogen) atoms. The van der Waals surface area contributed by atoms with E-state index in [2.05, 4.69) is 20.9 Å². The molecule has 1 heterocycles. The van der Waals surface area contributed by atoms with Crippen LogP contribution in [-0.2, 0) is 9.53 Å². The van der Waals surface area contributed by atoms with Crippen LogP contribution in [0.4, 0.5) is 0 Å². The smallest absolute Gasteiger partial charge is 0.363 e. The molecular formula is C16H9BrClNO2. The number of carbonyl (C=O) groups excluding carboxylic acids is 1. The van der Waals surface area contributed by atoms with Crippen molar-refractivity contribution in [2.75, 3.05) is 0 Å². The average Bonchev–Trinajstić information content (AvgIpc) is 2.83. The van der Waals surface area contributed by atoms with Crippen LogP contribution in [0, 0.1) is 0 Å². The first-order valence-electron chi connectivity index (χ1n) is 6.16. The van der Waals surface area contributed by atoms with E-state index >= 15 is 0 Å². The maximum atomic E-state index is 11.9. The monoisotopic (exact) mass is 361 g/mol. The quantitative estimate of drug-likeness (QED) is 0.585. The van der Waals surface area contributed by atoms with E-state index in [1.165, 1.54) is 0 Å². The van der Waals surface area contributed by atoms with Gasteiger partial charge in [0.25, 0.3) is 0 Å². The molecular weight excluding hydrogens is 354 g/mol. The number of hydrogen-bond donors (Lipinski definition) is 0. The van der Waals surface area contributed by atoms with Gasteiger partial charge in [0.05, 0.1) is 0 Å². The number of rotatable bonds is 2. The summed E-state index contributed by atoms with van der Waals surface area (Å²) in [6.45, 7) is 0. The van der Waals surface area contributed by atoms with Gasteiger partial charge in [-0.15, -0.1) is 0 Å². The minimum Gasteiger partial charge on any atom is -0.402 e. The fourth-order valence-electron chi connectivity index (χ4n) is 1.84. The number of hydrogen-bond acceptors (Lipinski definition) is 3. The summed E-state index contributed by atoms with van der Waals surface area (Å²) in [4.78, 5) is 16.1. The van der Waals surface area contributed by atoms with Crippen molar-refractivity contribution in [3.63, 3.8) is 0 Å². The van der Waals surface area contributed by atoms with E-state index in [9.17, 15) is 4.79 Å². The molecule has 0 bridgehead atoms. The van der Waals surface area contributed by atoms with Gasteiger partial charge in [0.15, 0.2) is 5.70 Å². The maximum Gasteiger partial charge on any atom is 0.363 e. The molecule has 0 spiro atoms. The van der Waals surface area contributed by atoms with E-state index in [0.717, 1.165) is 10.0 Å². The first-order valence-corrected chi connectivity index (χ1v) is 7.33. The second-order valence-electron chi connectivity index (χ2n) is 4.39. The molecule has 0 unspecified atom stereocenters. The third kappa shape index (κ3) is 3.23. The summed E-state index contributed by atoms with van der Waals surface area (Å²) >= 11 is 9.20. The first kappa shape index (κ1) is 14.0. The zero-order valence-corrected chi connectivity index (χ0v) is 13.1. The summed E-state index contributed by atoms with van der Waals surface area (Å²) in [7, 11) is 0. The summed E-state index contributed by atoms with van der Waals surface area (Å²) in [6, 6.07) is 14.6. The van der Waals surface area contributed by atoms with E-state index in [1.807, 2.05) is 24.3 Å². The van der Waals surface area contributed by atoms with Gasteiger partial charge in [0.2, 0.25) is 5.90 Å². The number of ether oxygens (including phenoxy) is 1. The third-order valence-electron chi connectivity index (χ3n) is 2.89. The van der Waals surface area contributed by atoms with Gasteiger partial charge in [-0.05, 0) is 48.0 Å². The molecule has 2 aromatic carbocycles. The second kappa shape index (κ2) is 5.84. The van der Waals surface area contributed by atoms with Gasteiger partial charge in [0.1, 0.15) is 0 Å². The molecule has 0 N–H and O–H groups in total. The minimum absolute atomic E-state index is 0.280. The van der Waals surface area contributed by atoms with E-state index in [0.29, 0.717) is 16.5 Å². The van der Waals surface area contributed by atoms with Crippen molar-refractivity contribution in [3.8, 4) is 0 Å². The highest BCUT2D eigenvalue weighted by molar-refractivity contribution is 9.10. The standard InChI is InChI=1S/C16H9BrClNO2/c17-12-5-1-10(2-6-12)9-14-16(20)21-15(19-14)11-3-7-13(18)8-4-11/h1-9H/b14-9-. The van der Waals surface area contributed by atoms with E-state index in [1.54, 1.807) is 30.3 Å². The predicted octanol–water partition coefficient (Wildman–Crippen LogP) is 4.45. The molecule has 1 aliphatic rings. The molecule has 104 valence electrons. The van der Waals surface area contributed by atoms with Crippen LogP contribution in [0.2, 0.25) is 5.02 Å². The summed E-state index contributed by atoms with van der Waals surface area (Å²) in [5, 5.41) is 0.620. The number of halogens is 2. The minimum atomic E-state index is -0.456. The van der Waals surface area contributed by atoms with Crippen molar-refractivity contribution in [1.29, 1.82) is 0 Å². The zero-order chi connectivity index (χ0) is 14.8. The fraction of sp³-hybridized carbons (Fsp3) is 0. The molecule has 2 aromatic rings. The summed E-state index contributed by atoms with van der Waals surface area (Å²) in [5.74, 6) is -0.164. The Morgan fingerprint density at radius 1 is 1.05 bits per heavy atom. The van der Waals surface area contributed by atoms with Gasteiger partial charge >= 0.3 is 5.97 Å². The zero-order valence-electron chi connectivity index (χ0n) is 10.7. The number of benzene rings is 2. The van der Waals surface area contributed by atoms with Gasteiger partial charge in [0, 0.05) is 15.1 Å². The van der Waals surface area contributed by atoms with Gasteiger partial charge in [-0.3, -0.25) is 0 Å². The number of aliphatic imine (C=N–C) groups is 1. The molecule has 0 aliphatic carbocycles. The topological polar surface area (TPSA) is 38.7 Å². The van der Waals surface area contributed by atoms with Crippen LogP contribution in [0.5, 0.6) is 0 Å². The summed E-state index contributed by atoms with van der Waals surface area (Å²) in [6.07, 6.45) is 1.69. The molecule has 5 heteroatoms. The number of carbonyl (C=O) groups is 1. The van der Waals surface area contributed by atoms with E-state index in [-0.39, 0.29) is 5.70 Å². The van der Waals surface area contributed by atoms with E-state index < -0.39 is 5.97 Å². The van der Waals surface area contributed by atoms with Gasteiger partial charge in [-0.2, -0.15) is 0 Å². The largest absolute Gasteiger partial charge is 0.402 e. The molecule has 1 aliphatic heterocycles. The lowest BCUT2D eigenvalue weighted by Gasteiger charge is -1.98. The molecule has 0 fully saturated rings. The lowest BCUT2D eigenvalue weighted by molar-refractivity contribution is -0.129. The lowest BCUT2D eigenvalue weighted by atomic mass is 10.2. The highest BCUT2D eigenvalue weighted by atomic mass is 79.9. The molecule has 0 saturated carbocycles. The SMILES string of the molecule is O=C1OC(c2ccc(Cl)cc2)=N/C1=C\c1ccc(Br)cc1. The van der Waals surface area contributed by atoms with E-state index in [4.69, 9.17) is 16.3 Å². The summed E-state index contributed by atoms with van der Waals surface area (Å²) in [5.41, 5.74) is 1.88. The first-order chi connectivity index (χ1) is 10.1. The van der Waals surface area contributed by atoms with Crippen LogP contribution in [0.3, 0.4) is 0 Å². The number of cyclic esters (lactones) is 1. The highest BCUT2D eigenvalue weighted by Gasteiger charge is 2.23. The van der Waals surface area contributed by atoms with Crippen molar-refractivity contribution < 1.29 is 9.53 Å². The Labute approximate surface area is 135 Å². The molecule has 0 radical (unpaired) electrons. The average molecular weight is 363 g/mol. The second-order valence-corrected chi connectivity index (χ2v) is 5.75. The molecule has 0 saturated heterocycles. The van der Waals surface area contributed by atoms with Crippen molar-refractivity contribution in [2.45, 2.75) is 0 Å². The van der Waals surface area contributed by atoms with Gasteiger partial charge < -0.3 is 4.74 Å². The molecule has 0 amide bonds. The fourth-order valence-corrected chi connectivity index (χ4v) is 2.23. The normalized spacial score (nSPS) is 16.0. The Morgan fingerprint density at radius 2 is 1.71 bits per heavy atom. The molecule has 0 atom stereocenters. The number of esters is 1. The maximum absolute atomic E-state index is 11.9. The Balaban J connectivity index is 1.91. The lowest BCUT2D eigenvalue weighted by Crippen LogP contribution is -2.05. The Morgan fingerprint density at radius 3 is 2.38 bits per heavy atom. The van der Waals surface area contributed by atoms with Crippen LogP contribution in [0.1, 0.15) is 11.1 Å². The van der Waals surface area contributed by atoms with Crippen molar-refractivity contribution in [3.05, 3.63) is 74.9 Å². The Hall–Kier alpha value is -1.91. The van der Waals surface area contributed by atoms with Crippen molar-refractivity contribution >= 4 is 45.5 Å². The van der Waals surface area contributed by atoms with Crippen LogP contribution in [-0.4, -0.2) is 11.9 Å². The van der Waals surface area contributed by atoms with Crippen molar-refractivity contribution in [2.24, 2.45) is 4.99 Å². The number of nitrogens with zero attached hydrogens (tertiary/aromatic N) is 1. The molecule has 3 rings (SSSR count). The molecule has 0 aromatic heterocycles. The third-order valence-corrected chi connectivity index (χ3v) is 3.67. The Kier molecular flexibility index (Phi) is 3.90. The highest BCUT2D eigenvalue weighted by Crippen LogP contribution is 2.21. The Bertz CT molecular complexity index is 749. The summed E-state index contributed by atoms with van der Waals surface area (Å²) < 4.78 is 6.16. The van der Waals surface area contributed by atoms with Gasteiger partial charge in [-0.1, -0.05) is 39.7 Å².